The Hall–Kier alpha value is -1.89. The van der Waals surface area contributed by atoms with Crippen molar-refractivity contribution in [1.82, 2.24) is 14.5 Å². The number of nitrogens with zero attached hydrogens (tertiary/aromatic N) is 3. The molecule has 130 valence electrons. The molecule has 2 aromatic heterocycles. The topological polar surface area (TPSA) is 68.0 Å². The van der Waals surface area contributed by atoms with Gasteiger partial charge in [-0.2, -0.15) is 0 Å². The van der Waals surface area contributed by atoms with E-state index in [1.54, 1.807) is 35.9 Å². The van der Waals surface area contributed by atoms with Crippen molar-refractivity contribution in [1.29, 1.82) is 0 Å². The Bertz CT molecular complexity index is 950. The smallest absolute Gasteiger partial charge is 0.354 e. The Kier molecular flexibility index (Phi) is 5.13. The first-order valence-corrected chi connectivity index (χ1v) is 9.17. The molecule has 0 unspecified atom stereocenters. The first-order chi connectivity index (χ1) is 11.9. The van der Waals surface area contributed by atoms with E-state index in [1.807, 2.05) is 6.92 Å². The van der Waals surface area contributed by atoms with Crippen molar-refractivity contribution in [3.05, 3.63) is 56.4 Å². The predicted octanol–water partition coefficient (Wildman–Crippen LogP) is 4.93. The predicted molar refractivity (Wildman–Crippen MR) is 100.0 cm³/mol. The molecule has 0 aliphatic rings. The molecular weight excluding hydrogens is 381 g/mol. The molecule has 25 heavy (non-hydrogen) atoms. The Morgan fingerprint density at radius 3 is 2.76 bits per heavy atom. The Morgan fingerprint density at radius 2 is 2.12 bits per heavy atom. The van der Waals surface area contributed by atoms with Crippen LogP contribution in [0, 0.1) is 6.92 Å². The molecule has 0 bridgehead atoms. The van der Waals surface area contributed by atoms with Gasteiger partial charge < -0.3 is 9.67 Å². The zero-order valence-corrected chi connectivity index (χ0v) is 15.9. The van der Waals surface area contributed by atoms with Crippen molar-refractivity contribution >= 4 is 40.5 Å². The van der Waals surface area contributed by atoms with Gasteiger partial charge in [0.1, 0.15) is 0 Å². The summed E-state index contributed by atoms with van der Waals surface area (Å²) >= 11 is 13.8. The third-order valence-electron chi connectivity index (χ3n) is 3.76. The van der Waals surface area contributed by atoms with Crippen LogP contribution in [0.4, 0.5) is 0 Å². The first-order valence-electron chi connectivity index (χ1n) is 7.60. The third-order valence-corrected chi connectivity index (χ3v) is 5.50. The summed E-state index contributed by atoms with van der Waals surface area (Å²) in [5.41, 5.74) is 1.32. The van der Waals surface area contributed by atoms with Crippen LogP contribution >= 0.6 is 34.5 Å². The van der Waals surface area contributed by atoms with E-state index in [-0.39, 0.29) is 12.2 Å². The second kappa shape index (κ2) is 7.15. The molecule has 0 spiro atoms. The molecule has 0 amide bonds. The van der Waals surface area contributed by atoms with Crippen LogP contribution in [0.1, 0.15) is 33.7 Å². The van der Waals surface area contributed by atoms with Crippen molar-refractivity contribution in [3.63, 3.8) is 0 Å². The minimum atomic E-state index is -1.03. The quantitative estimate of drug-likeness (QED) is 0.664. The molecule has 3 aromatic rings. The van der Waals surface area contributed by atoms with Gasteiger partial charge in [0.25, 0.3) is 0 Å². The van der Waals surface area contributed by atoms with E-state index in [1.165, 1.54) is 11.3 Å². The van der Waals surface area contributed by atoms with Crippen LogP contribution in [0.25, 0.3) is 10.7 Å². The molecule has 5 nitrogen and oxygen atoms in total. The van der Waals surface area contributed by atoms with Gasteiger partial charge in [0.15, 0.2) is 11.5 Å². The van der Waals surface area contributed by atoms with E-state index in [0.717, 1.165) is 21.9 Å². The van der Waals surface area contributed by atoms with E-state index in [4.69, 9.17) is 23.2 Å². The fourth-order valence-corrected chi connectivity index (χ4v) is 3.83. The minimum Gasteiger partial charge on any atom is -0.477 e. The van der Waals surface area contributed by atoms with Crippen molar-refractivity contribution in [3.8, 4) is 10.7 Å². The highest BCUT2D eigenvalue weighted by Crippen LogP contribution is 2.30. The molecule has 0 radical (unpaired) electrons. The SMILES string of the molecule is CCc1ncc(-c2nc(C)c(C(=O)O)n2Cc2cc(Cl)ccc2Cl)s1. The van der Waals surface area contributed by atoms with Crippen LogP contribution in [0.3, 0.4) is 0 Å². The second-order valence-corrected chi connectivity index (χ2v) is 7.43. The molecule has 0 aliphatic heterocycles. The number of hydrogen-bond acceptors (Lipinski definition) is 4. The summed E-state index contributed by atoms with van der Waals surface area (Å²) in [5, 5.41) is 11.7. The lowest BCUT2D eigenvalue weighted by Gasteiger charge is -2.11. The number of rotatable bonds is 5. The summed E-state index contributed by atoms with van der Waals surface area (Å²) in [5.74, 6) is -0.460. The molecule has 2 heterocycles. The first kappa shape index (κ1) is 17.9. The Morgan fingerprint density at radius 1 is 1.36 bits per heavy atom. The number of carboxylic acid groups (broad SMARTS) is 1. The molecule has 0 aliphatic carbocycles. The monoisotopic (exact) mass is 395 g/mol. The van der Waals surface area contributed by atoms with Gasteiger partial charge in [0.05, 0.1) is 22.1 Å². The Labute approximate surface area is 158 Å². The van der Waals surface area contributed by atoms with Crippen LogP contribution in [0.2, 0.25) is 10.0 Å². The van der Waals surface area contributed by atoms with Crippen LogP contribution in [0.15, 0.2) is 24.4 Å². The summed E-state index contributed by atoms with van der Waals surface area (Å²) < 4.78 is 1.65. The van der Waals surface area contributed by atoms with E-state index in [0.29, 0.717) is 21.6 Å². The lowest BCUT2D eigenvalue weighted by atomic mass is 10.2. The lowest BCUT2D eigenvalue weighted by molar-refractivity contribution is 0.0685. The van der Waals surface area contributed by atoms with Crippen molar-refractivity contribution in [2.75, 3.05) is 0 Å². The van der Waals surface area contributed by atoms with Gasteiger partial charge in [-0.1, -0.05) is 30.1 Å². The fourth-order valence-electron chi connectivity index (χ4n) is 2.60. The highest BCUT2D eigenvalue weighted by atomic mass is 35.5. The van der Waals surface area contributed by atoms with Gasteiger partial charge in [0.2, 0.25) is 0 Å². The van der Waals surface area contributed by atoms with Crippen LogP contribution in [-0.4, -0.2) is 25.6 Å². The third kappa shape index (κ3) is 3.56. The van der Waals surface area contributed by atoms with Crippen LogP contribution in [0.5, 0.6) is 0 Å². The maximum atomic E-state index is 11.8. The number of halogens is 2. The normalized spacial score (nSPS) is 11.0. The van der Waals surface area contributed by atoms with Gasteiger partial charge in [-0.05, 0) is 37.1 Å². The number of carbonyl (C=O) groups is 1. The highest BCUT2D eigenvalue weighted by molar-refractivity contribution is 7.15. The van der Waals surface area contributed by atoms with E-state index < -0.39 is 5.97 Å². The molecule has 0 saturated heterocycles. The van der Waals surface area contributed by atoms with Crippen LogP contribution < -0.4 is 0 Å². The second-order valence-electron chi connectivity index (χ2n) is 5.47. The van der Waals surface area contributed by atoms with Crippen molar-refractivity contribution in [2.24, 2.45) is 0 Å². The molecule has 8 heteroatoms. The largest absolute Gasteiger partial charge is 0.477 e. The number of aromatic nitrogens is 3. The number of imidazole rings is 1. The maximum absolute atomic E-state index is 11.8. The molecule has 0 fully saturated rings. The number of thiazole rings is 1. The summed E-state index contributed by atoms with van der Waals surface area (Å²) in [6, 6.07) is 5.13. The van der Waals surface area contributed by atoms with E-state index in [9.17, 15) is 9.90 Å². The van der Waals surface area contributed by atoms with Gasteiger partial charge in [-0.3, -0.25) is 0 Å². The lowest BCUT2D eigenvalue weighted by Crippen LogP contribution is -2.12. The van der Waals surface area contributed by atoms with Gasteiger partial charge >= 0.3 is 5.97 Å². The fraction of sp³-hybridized carbons (Fsp3) is 0.235. The molecule has 1 N–H and O–H groups in total. The van der Waals surface area contributed by atoms with Gasteiger partial charge in [-0.25, -0.2) is 14.8 Å². The zero-order valence-electron chi connectivity index (χ0n) is 13.6. The number of aromatic carboxylic acids is 1. The standard InChI is InChI=1S/C17H15Cl2N3O2S/c1-3-14-20-7-13(25-14)16-21-9(2)15(17(23)24)22(16)8-10-6-11(18)4-5-12(10)19/h4-7H,3,8H2,1-2H3,(H,23,24). The van der Waals surface area contributed by atoms with E-state index in [2.05, 4.69) is 9.97 Å². The van der Waals surface area contributed by atoms with Crippen molar-refractivity contribution < 1.29 is 9.90 Å². The Balaban J connectivity index is 2.15. The highest BCUT2D eigenvalue weighted by Gasteiger charge is 2.23. The van der Waals surface area contributed by atoms with Crippen molar-refractivity contribution in [2.45, 2.75) is 26.8 Å². The summed E-state index contributed by atoms with van der Waals surface area (Å²) in [6.45, 7) is 3.97. The minimum absolute atomic E-state index is 0.137. The zero-order chi connectivity index (χ0) is 18.1. The molecular formula is C17H15Cl2N3O2S. The summed E-state index contributed by atoms with van der Waals surface area (Å²) in [7, 11) is 0. The number of hydrogen-bond donors (Lipinski definition) is 1. The summed E-state index contributed by atoms with van der Waals surface area (Å²) in [6.07, 6.45) is 2.54. The van der Waals surface area contributed by atoms with Gasteiger partial charge in [0, 0.05) is 16.2 Å². The van der Waals surface area contributed by atoms with Gasteiger partial charge in [-0.15, -0.1) is 11.3 Å². The average Bonchev–Trinajstić information content (AvgIpc) is 3.15. The van der Waals surface area contributed by atoms with Crippen LogP contribution in [-0.2, 0) is 13.0 Å². The molecule has 0 atom stereocenters. The average molecular weight is 396 g/mol. The molecule has 0 saturated carbocycles. The molecule has 3 rings (SSSR count). The summed E-state index contributed by atoms with van der Waals surface area (Å²) in [4.78, 5) is 21.4. The number of benzene rings is 1. The van der Waals surface area contributed by atoms with E-state index >= 15 is 0 Å². The maximum Gasteiger partial charge on any atom is 0.354 e. The molecule has 1 aromatic carbocycles. The number of carboxylic acids is 1. The number of aryl methyl sites for hydroxylation is 2.